The molecule has 0 amide bonds. The molecule has 1 aliphatic rings. The number of ether oxygens (including phenoxy) is 3. The van der Waals surface area contributed by atoms with Crippen LogP contribution in [0.25, 0.3) is 0 Å². The van der Waals surface area contributed by atoms with Gasteiger partial charge in [0, 0.05) is 44.1 Å². The molecule has 4 rings (SSSR count). The summed E-state index contributed by atoms with van der Waals surface area (Å²) in [6, 6.07) is 9.11. The lowest BCUT2D eigenvalue weighted by Crippen LogP contribution is -2.41. The lowest BCUT2D eigenvalue weighted by molar-refractivity contribution is -0.274. The molecule has 10 nitrogen and oxygen atoms in total. The average molecular weight is 591 g/mol. The van der Waals surface area contributed by atoms with Crippen LogP contribution in [0.3, 0.4) is 0 Å². The van der Waals surface area contributed by atoms with E-state index in [1.165, 1.54) is 29.8 Å². The zero-order chi connectivity index (χ0) is 30.3. The molecule has 0 aliphatic carbocycles. The first-order chi connectivity index (χ1) is 20.1. The summed E-state index contributed by atoms with van der Waals surface area (Å²) in [6.45, 7) is 1.86. The van der Waals surface area contributed by atoms with Gasteiger partial charge in [-0.05, 0) is 62.8 Å². The van der Waals surface area contributed by atoms with Gasteiger partial charge in [0.1, 0.15) is 30.5 Å². The molecular formula is C29H33F3N4O6. The van der Waals surface area contributed by atoms with Gasteiger partial charge in [-0.15, -0.1) is 13.2 Å². The molecule has 226 valence electrons. The third-order valence-electron chi connectivity index (χ3n) is 6.85. The number of halogens is 3. The summed E-state index contributed by atoms with van der Waals surface area (Å²) in [6.07, 6.45) is -0.508. The van der Waals surface area contributed by atoms with Crippen LogP contribution in [-0.4, -0.2) is 51.3 Å². The van der Waals surface area contributed by atoms with Gasteiger partial charge in [-0.25, -0.2) is 4.79 Å². The summed E-state index contributed by atoms with van der Waals surface area (Å²) in [7, 11) is 1.54. The van der Waals surface area contributed by atoms with Crippen LogP contribution < -0.4 is 20.7 Å². The summed E-state index contributed by atoms with van der Waals surface area (Å²) in [5.41, 5.74) is 1.36. The zero-order valence-corrected chi connectivity index (χ0v) is 23.4. The van der Waals surface area contributed by atoms with Gasteiger partial charge >= 0.3 is 12.1 Å². The van der Waals surface area contributed by atoms with Gasteiger partial charge in [-0.3, -0.25) is 18.9 Å². The van der Waals surface area contributed by atoms with Crippen LogP contribution in [0.1, 0.15) is 36.1 Å². The van der Waals surface area contributed by atoms with Crippen LogP contribution in [0.2, 0.25) is 0 Å². The van der Waals surface area contributed by atoms with E-state index in [-0.39, 0.29) is 50.3 Å². The maximum Gasteiger partial charge on any atom is 0.573 e. The zero-order valence-electron chi connectivity index (χ0n) is 23.4. The third kappa shape index (κ3) is 7.99. The Kier molecular flexibility index (Phi) is 10.0. The van der Waals surface area contributed by atoms with Crippen molar-refractivity contribution in [3.63, 3.8) is 0 Å². The van der Waals surface area contributed by atoms with Crippen LogP contribution in [-0.2, 0) is 31.2 Å². The minimum atomic E-state index is -4.82. The van der Waals surface area contributed by atoms with Crippen molar-refractivity contribution in [3.05, 3.63) is 80.3 Å². The van der Waals surface area contributed by atoms with E-state index < -0.39 is 23.4 Å². The Morgan fingerprint density at radius 3 is 2.57 bits per heavy atom. The molecule has 0 saturated heterocycles. The number of aryl methyl sites for hydroxylation is 2. The van der Waals surface area contributed by atoms with Crippen molar-refractivity contribution in [2.24, 2.45) is 18.0 Å². The maximum atomic E-state index is 13.3. The molecule has 1 unspecified atom stereocenters. The molecule has 1 atom stereocenters. The Bertz CT molecular complexity index is 1520. The number of nitrogens with zero attached hydrogens (tertiary/aromatic N) is 4. The quantitative estimate of drug-likeness (QED) is 0.337. The first-order valence-corrected chi connectivity index (χ1v) is 13.6. The lowest BCUT2D eigenvalue weighted by atomic mass is 9.94. The van der Waals surface area contributed by atoms with E-state index in [9.17, 15) is 27.9 Å². The number of benzene rings is 1. The van der Waals surface area contributed by atoms with E-state index in [1.54, 1.807) is 0 Å². The molecule has 3 aromatic rings. The van der Waals surface area contributed by atoms with Crippen LogP contribution in [0.4, 0.5) is 19.0 Å². The second kappa shape index (κ2) is 13.7. The van der Waals surface area contributed by atoms with Gasteiger partial charge in [-0.1, -0.05) is 12.1 Å². The summed E-state index contributed by atoms with van der Waals surface area (Å²) in [4.78, 5) is 35.2. The van der Waals surface area contributed by atoms with Gasteiger partial charge in [0.05, 0.1) is 5.56 Å². The number of aromatic nitrogens is 3. The van der Waals surface area contributed by atoms with Crippen LogP contribution in [0.15, 0.2) is 57.2 Å². The van der Waals surface area contributed by atoms with Crippen molar-refractivity contribution < 1.29 is 32.5 Å². The molecule has 0 radical (unpaired) electrons. The highest BCUT2D eigenvalue weighted by molar-refractivity contribution is 5.82. The minimum absolute atomic E-state index is 0.00235. The topological polar surface area (TPSA) is 117 Å². The van der Waals surface area contributed by atoms with Crippen molar-refractivity contribution >= 4 is 11.7 Å². The number of hydrogen-bond donors (Lipinski definition) is 1. The monoisotopic (exact) mass is 590 g/mol. The fourth-order valence-corrected chi connectivity index (χ4v) is 4.72. The predicted molar refractivity (Wildman–Crippen MR) is 148 cm³/mol. The van der Waals surface area contributed by atoms with E-state index in [0.717, 1.165) is 21.9 Å². The van der Waals surface area contributed by atoms with Crippen molar-refractivity contribution in [3.8, 4) is 11.5 Å². The molecule has 42 heavy (non-hydrogen) atoms. The van der Waals surface area contributed by atoms with Gasteiger partial charge < -0.3 is 19.3 Å². The van der Waals surface area contributed by atoms with E-state index in [1.807, 2.05) is 25.3 Å². The van der Waals surface area contributed by atoms with E-state index >= 15 is 0 Å². The van der Waals surface area contributed by atoms with Gasteiger partial charge in [0.15, 0.2) is 5.90 Å². The lowest BCUT2D eigenvalue weighted by Gasteiger charge is -2.18. The van der Waals surface area contributed by atoms with Gasteiger partial charge in [0.2, 0.25) is 0 Å². The first-order valence-electron chi connectivity index (χ1n) is 13.6. The molecule has 13 heteroatoms. The Balaban J connectivity index is 1.54. The second-order valence-corrected chi connectivity index (χ2v) is 9.93. The van der Waals surface area contributed by atoms with E-state index in [0.29, 0.717) is 37.1 Å². The Labute approximate surface area is 240 Å². The van der Waals surface area contributed by atoms with Crippen molar-refractivity contribution in [1.29, 1.82) is 0 Å². The van der Waals surface area contributed by atoms with E-state index in [4.69, 9.17) is 9.47 Å². The maximum absolute atomic E-state index is 13.3. The highest BCUT2D eigenvalue weighted by atomic mass is 19.4. The molecule has 0 spiro atoms. The van der Waals surface area contributed by atoms with Crippen LogP contribution in [0, 0.1) is 12.8 Å². The minimum Gasteiger partial charge on any atom is -0.490 e. The standard InChI is InChI=1S/C29H33F3N4O6/c1-19-7-8-20(18-33-19)9-10-21-11-12-24-25(35(2)28(39)36(27(24)38)13-4-14-37)34-26(21)41-16-15-40-22-5-3-6-23(17-22)42-29(30,31)32/h3,5-8,17-18,21,37H,4,9-16H2,1-2H3. The number of rotatable bonds is 11. The van der Waals surface area contributed by atoms with Crippen molar-refractivity contribution in [2.45, 2.75) is 51.9 Å². The molecule has 0 saturated carbocycles. The SMILES string of the molecule is Cc1ccc(CCC2CCc3c(n(C)c(=O)n(CCCO)c3=O)N=C2OCCOc2cccc(OC(F)(F)F)c2)cn1. The molecule has 2 aromatic heterocycles. The van der Waals surface area contributed by atoms with Crippen molar-refractivity contribution in [1.82, 2.24) is 14.1 Å². The van der Waals surface area contributed by atoms with Crippen LogP contribution in [0.5, 0.6) is 11.5 Å². The number of hydrogen-bond acceptors (Lipinski definition) is 8. The fourth-order valence-electron chi connectivity index (χ4n) is 4.72. The molecule has 1 aliphatic heterocycles. The predicted octanol–water partition coefficient (Wildman–Crippen LogP) is 3.85. The Morgan fingerprint density at radius 2 is 1.86 bits per heavy atom. The number of fused-ring (bicyclic) bond motifs is 1. The highest BCUT2D eigenvalue weighted by Crippen LogP contribution is 2.28. The Hall–Kier alpha value is -4.13. The number of alkyl halides is 3. The number of aliphatic hydroxyl groups is 1. The first kappa shape index (κ1) is 30.8. The fraction of sp³-hybridized carbons (Fsp3) is 0.448. The average Bonchev–Trinajstić information content (AvgIpc) is 3.13. The molecular weight excluding hydrogens is 557 g/mol. The number of aliphatic hydroxyl groups excluding tert-OH is 1. The summed E-state index contributed by atoms with van der Waals surface area (Å²) >= 11 is 0. The largest absolute Gasteiger partial charge is 0.573 e. The smallest absolute Gasteiger partial charge is 0.490 e. The number of pyridine rings is 1. The van der Waals surface area contributed by atoms with E-state index in [2.05, 4.69) is 14.7 Å². The number of aliphatic imine (C=N–C) groups is 1. The second-order valence-electron chi connectivity index (χ2n) is 9.93. The van der Waals surface area contributed by atoms with Crippen molar-refractivity contribution in [2.75, 3.05) is 19.8 Å². The normalized spacial score (nSPS) is 15.0. The third-order valence-corrected chi connectivity index (χ3v) is 6.85. The Morgan fingerprint density at radius 1 is 1.10 bits per heavy atom. The molecule has 3 heterocycles. The highest BCUT2D eigenvalue weighted by Gasteiger charge is 2.31. The van der Waals surface area contributed by atoms with Crippen LogP contribution >= 0.6 is 0 Å². The summed E-state index contributed by atoms with van der Waals surface area (Å²) in [5.74, 6) is 0.138. The summed E-state index contributed by atoms with van der Waals surface area (Å²) in [5, 5.41) is 9.20. The van der Waals surface area contributed by atoms with Gasteiger partial charge in [-0.2, -0.15) is 4.99 Å². The molecule has 1 N–H and O–H groups in total. The molecule has 1 aromatic carbocycles. The molecule has 0 fully saturated rings. The summed E-state index contributed by atoms with van der Waals surface area (Å²) < 4.78 is 55.6. The molecule has 0 bridgehead atoms. The van der Waals surface area contributed by atoms with Gasteiger partial charge in [0.25, 0.3) is 5.56 Å².